The average Bonchev–Trinajstić information content (AvgIpc) is 2.67. The second-order valence-electron chi connectivity index (χ2n) is 7.38. The van der Waals surface area contributed by atoms with E-state index in [2.05, 4.69) is 33.6 Å². The maximum absolute atomic E-state index is 14.8. The van der Waals surface area contributed by atoms with E-state index in [0.717, 1.165) is 37.1 Å². The lowest BCUT2D eigenvalue weighted by atomic mass is 9.78. The Balaban J connectivity index is 1.74. The molecular formula is C21H25FN4. The molecule has 2 N–H and O–H groups in total. The number of nitrogens with zero attached hydrogens (tertiary/aromatic N) is 2. The van der Waals surface area contributed by atoms with Crippen molar-refractivity contribution in [3.8, 4) is 0 Å². The molecule has 2 unspecified atom stereocenters. The predicted octanol–water partition coefficient (Wildman–Crippen LogP) is 3.50. The van der Waals surface area contributed by atoms with Crippen LogP contribution in [0.3, 0.4) is 0 Å². The predicted molar refractivity (Wildman–Crippen MR) is 102 cm³/mol. The molecule has 2 atom stereocenters. The molecule has 1 fully saturated rings. The fourth-order valence-electron chi connectivity index (χ4n) is 4.11. The SMILES string of the molecule is Cc1cncc(C2=Cc3ccncc3C(NC3CCNCC3)C2C)c1F. The largest absolute Gasteiger partial charge is 0.317 e. The van der Waals surface area contributed by atoms with Gasteiger partial charge in [-0.15, -0.1) is 0 Å². The Kier molecular flexibility index (Phi) is 4.83. The van der Waals surface area contributed by atoms with Crippen LogP contribution in [-0.2, 0) is 0 Å². The third-order valence-electron chi connectivity index (χ3n) is 5.64. The molecule has 1 saturated heterocycles. The highest BCUT2D eigenvalue weighted by Gasteiger charge is 2.32. The van der Waals surface area contributed by atoms with Crippen LogP contribution in [0.1, 0.15) is 48.1 Å². The van der Waals surface area contributed by atoms with Gasteiger partial charge in [0.2, 0.25) is 0 Å². The molecule has 1 aliphatic carbocycles. The smallest absolute Gasteiger partial charge is 0.136 e. The number of hydrogen-bond donors (Lipinski definition) is 2. The molecule has 0 spiro atoms. The Labute approximate surface area is 154 Å². The summed E-state index contributed by atoms with van der Waals surface area (Å²) in [4.78, 5) is 8.57. The van der Waals surface area contributed by atoms with Gasteiger partial charge in [-0.05, 0) is 55.6 Å². The molecule has 4 nitrogen and oxygen atoms in total. The first-order valence-corrected chi connectivity index (χ1v) is 9.38. The molecule has 2 aromatic heterocycles. The van der Waals surface area contributed by atoms with Crippen molar-refractivity contribution in [1.82, 2.24) is 20.6 Å². The summed E-state index contributed by atoms with van der Waals surface area (Å²) in [6.45, 7) is 6.01. The van der Waals surface area contributed by atoms with Gasteiger partial charge in [-0.25, -0.2) is 4.39 Å². The second-order valence-corrected chi connectivity index (χ2v) is 7.38. The van der Waals surface area contributed by atoms with Crippen LogP contribution in [0.25, 0.3) is 11.6 Å². The van der Waals surface area contributed by atoms with Crippen LogP contribution < -0.4 is 10.6 Å². The number of aryl methyl sites for hydroxylation is 1. The van der Waals surface area contributed by atoms with Gasteiger partial charge in [-0.1, -0.05) is 13.0 Å². The number of nitrogens with one attached hydrogen (secondary N) is 2. The Morgan fingerprint density at radius 3 is 2.77 bits per heavy atom. The van der Waals surface area contributed by atoms with Gasteiger partial charge in [0.25, 0.3) is 0 Å². The summed E-state index contributed by atoms with van der Waals surface area (Å²) < 4.78 is 14.8. The first-order chi connectivity index (χ1) is 12.6. The number of piperidine rings is 1. The summed E-state index contributed by atoms with van der Waals surface area (Å²) in [5.74, 6) is -0.0316. The highest BCUT2D eigenvalue weighted by Crippen LogP contribution is 2.42. The maximum Gasteiger partial charge on any atom is 0.136 e. The Morgan fingerprint density at radius 1 is 1.15 bits per heavy atom. The first-order valence-electron chi connectivity index (χ1n) is 9.38. The zero-order chi connectivity index (χ0) is 18.1. The Hall–Kier alpha value is -2.11. The summed E-state index contributed by atoms with van der Waals surface area (Å²) in [6.07, 6.45) is 11.3. The van der Waals surface area contributed by atoms with E-state index >= 15 is 0 Å². The molecule has 26 heavy (non-hydrogen) atoms. The fourth-order valence-corrected chi connectivity index (χ4v) is 4.11. The van der Waals surface area contributed by atoms with Gasteiger partial charge in [0.05, 0.1) is 0 Å². The lowest BCUT2D eigenvalue weighted by Crippen LogP contribution is -2.44. The second kappa shape index (κ2) is 7.25. The van der Waals surface area contributed by atoms with Crippen LogP contribution in [0.2, 0.25) is 0 Å². The number of aromatic nitrogens is 2. The normalized spacial score (nSPS) is 23.4. The summed E-state index contributed by atoms with van der Waals surface area (Å²) in [7, 11) is 0. The van der Waals surface area contributed by atoms with Crippen LogP contribution in [0, 0.1) is 18.7 Å². The third-order valence-corrected chi connectivity index (χ3v) is 5.64. The lowest BCUT2D eigenvalue weighted by molar-refractivity contribution is 0.323. The van der Waals surface area contributed by atoms with E-state index in [-0.39, 0.29) is 17.8 Å². The third kappa shape index (κ3) is 3.17. The van der Waals surface area contributed by atoms with Crippen LogP contribution >= 0.6 is 0 Å². The van der Waals surface area contributed by atoms with Crippen LogP contribution in [-0.4, -0.2) is 29.1 Å². The van der Waals surface area contributed by atoms with E-state index in [1.165, 1.54) is 5.56 Å². The van der Waals surface area contributed by atoms with Crippen molar-refractivity contribution in [2.45, 2.75) is 38.8 Å². The van der Waals surface area contributed by atoms with E-state index in [9.17, 15) is 4.39 Å². The first kappa shape index (κ1) is 17.3. The van der Waals surface area contributed by atoms with Crippen molar-refractivity contribution >= 4 is 11.6 Å². The molecule has 3 heterocycles. The van der Waals surface area contributed by atoms with Gasteiger partial charge in [0.1, 0.15) is 5.82 Å². The van der Waals surface area contributed by atoms with Gasteiger partial charge < -0.3 is 10.6 Å². The molecule has 5 heteroatoms. The van der Waals surface area contributed by atoms with Crippen LogP contribution in [0.5, 0.6) is 0 Å². The summed E-state index contributed by atoms with van der Waals surface area (Å²) in [5.41, 5.74) is 4.50. The minimum atomic E-state index is -0.170. The van der Waals surface area contributed by atoms with Crippen LogP contribution in [0.15, 0.2) is 30.9 Å². The fraction of sp³-hybridized carbons (Fsp3) is 0.429. The maximum atomic E-state index is 14.8. The molecule has 2 aromatic rings. The summed E-state index contributed by atoms with van der Waals surface area (Å²) in [5, 5.41) is 7.24. The van der Waals surface area contributed by atoms with Gasteiger partial charge in [-0.2, -0.15) is 0 Å². The van der Waals surface area contributed by atoms with Crippen molar-refractivity contribution in [2.24, 2.45) is 5.92 Å². The van der Waals surface area contributed by atoms with E-state index < -0.39 is 0 Å². The van der Waals surface area contributed by atoms with Gasteiger partial charge >= 0.3 is 0 Å². The summed E-state index contributed by atoms with van der Waals surface area (Å²) in [6, 6.07) is 2.61. The van der Waals surface area contributed by atoms with E-state index in [0.29, 0.717) is 17.2 Å². The zero-order valence-corrected chi connectivity index (χ0v) is 15.3. The number of rotatable bonds is 3. The Bertz CT molecular complexity index is 827. The topological polar surface area (TPSA) is 49.8 Å². The monoisotopic (exact) mass is 352 g/mol. The number of fused-ring (bicyclic) bond motifs is 1. The van der Waals surface area contributed by atoms with Crippen molar-refractivity contribution in [3.63, 3.8) is 0 Å². The highest BCUT2D eigenvalue weighted by molar-refractivity contribution is 5.86. The van der Waals surface area contributed by atoms with Gasteiger partial charge in [-0.3, -0.25) is 9.97 Å². The van der Waals surface area contributed by atoms with E-state index in [1.807, 2.05) is 12.3 Å². The molecule has 0 amide bonds. The van der Waals surface area contributed by atoms with Crippen molar-refractivity contribution in [3.05, 3.63) is 58.9 Å². The standard InChI is InChI=1S/C21H25FN4/c1-13-10-25-12-19(20(13)22)17-9-15-3-6-24-11-18(15)21(14(17)2)26-16-4-7-23-8-5-16/h3,6,9-12,14,16,21,23,26H,4-5,7-8H2,1-2H3. The van der Waals surface area contributed by atoms with Crippen molar-refractivity contribution < 1.29 is 4.39 Å². The minimum absolute atomic E-state index is 0.127. The molecular weight excluding hydrogens is 327 g/mol. The van der Waals surface area contributed by atoms with E-state index in [1.54, 1.807) is 25.5 Å². The Morgan fingerprint density at radius 2 is 1.96 bits per heavy atom. The lowest BCUT2D eigenvalue weighted by Gasteiger charge is -2.36. The number of pyridine rings is 2. The average molecular weight is 352 g/mol. The minimum Gasteiger partial charge on any atom is -0.317 e. The number of hydrogen-bond acceptors (Lipinski definition) is 4. The quantitative estimate of drug-likeness (QED) is 0.888. The van der Waals surface area contributed by atoms with Crippen molar-refractivity contribution in [2.75, 3.05) is 13.1 Å². The van der Waals surface area contributed by atoms with Crippen molar-refractivity contribution in [1.29, 1.82) is 0 Å². The molecule has 0 aromatic carbocycles. The molecule has 0 radical (unpaired) electrons. The van der Waals surface area contributed by atoms with Gasteiger partial charge in [0, 0.05) is 53.9 Å². The number of halogens is 1. The van der Waals surface area contributed by atoms with Gasteiger partial charge in [0.15, 0.2) is 0 Å². The zero-order valence-electron chi connectivity index (χ0n) is 15.3. The molecule has 2 aliphatic rings. The summed E-state index contributed by atoms with van der Waals surface area (Å²) >= 11 is 0. The molecule has 1 aliphatic heterocycles. The highest BCUT2D eigenvalue weighted by atomic mass is 19.1. The molecule has 0 saturated carbocycles. The molecule has 4 rings (SSSR count). The van der Waals surface area contributed by atoms with Crippen LogP contribution in [0.4, 0.5) is 4.39 Å². The molecule has 136 valence electrons. The molecule has 0 bridgehead atoms. The van der Waals surface area contributed by atoms with E-state index in [4.69, 9.17) is 0 Å².